The molecule has 0 atom stereocenters. The maximum absolute atomic E-state index is 12.6. The predicted octanol–water partition coefficient (Wildman–Crippen LogP) is 0.787. The van der Waals surface area contributed by atoms with Gasteiger partial charge in [0.2, 0.25) is 0 Å². The van der Waals surface area contributed by atoms with Crippen molar-refractivity contribution in [3.8, 4) is 0 Å². The van der Waals surface area contributed by atoms with E-state index in [9.17, 15) is 18.3 Å². The van der Waals surface area contributed by atoms with Crippen LogP contribution in [-0.2, 0) is 36.1 Å². The predicted molar refractivity (Wildman–Crippen MR) is 88.6 cm³/mol. The molecule has 0 spiro atoms. The van der Waals surface area contributed by atoms with Crippen LogP contribution in [0.2, 0.25) is 0 Å². The number of sulfonamides is 1. The van der Waals surface area contributed by atoms with Gasteiger partial charge < -0.3 is 15.0 Å². The normalized spacial score (nSPS) is 14.5. The van der Waals surface area contributed by atoms with Crippen molar-refractivity contribution in [2.45, 2.75) is 37.2 Å². The lowest BCUT2D eigenvalue weighted by Crippen LogP contribution is -2.26. The van der Waals surface area contributed by atoms with Gasteiger partial charge in [-0.3, -0.25) is 0 Å². The maximum atomic E-state index is 12.6. The second-order valence-corrected chi connectivity index (χ2v) is 8.42. The Bertz CT molecular complexity index is 869. The fourth-order valence-electron chi connectivity index (χ4n) is 2.74. The number of carboxylic acid groups (broad SMARTS) is 1. The van der Waals surface area contributed by atoms with E-state index in [1.807, 2.05) is 11.5 Å². The fourth-order valence-corrected chi connectivity index (χ4v) is 5.62. The molecular weight excluding hydrogens is 352 g/mol. The smallest absolute Gasteiger partial charge is 0.338 e. The number of aryl methyl sites for hydroxylation is 1. The molecule has 8 nitrogen and oxygen atoms in total. The summed E-state index contributed by atoms with van der Waals surface area (Å²) in [5, 5.41) is 12.6. The van der Waals surface area contributed by atoms with Crippen molar-refractivity contribution >= 4 is 27.3 Å². The molecule has 0 radical (unpaired) electrons. The van der Waals surface area contributed by atoms with Crippen molar-refractivity contribution in [2.24, 2.45) is 0 Å². The molecule has 2 aromatic heterocycles. The van der Waals surface area contributed by atoms with E-state index in [0.29, 0.717) is 37.4 Å². The van der Waals surface area contributed by atoms with E-state index in [0.717, 1.165) is 16.2 Å². The third-order valence-electron chi connectivity index (χ3n) is 3.92. The van der Waals surface area contributed by atoms with Gasteiger partial charge in [0.1, 0.15) is 10.0 Å². The van der Waals surface area contributed by atoms with Crippen LogP contribution in [0.3, 0.4) is 0 Å². The van der Waals surface area contributed by atoms with Gasteiger partial charge in [-0.2, -0.15) is 0 Å². The van der Waals surface area contributed by atoms with Crippen molar-refractivity contribution < 1.29 is 18.3 Å². The number of carbonyl (C=O) groups is 1. The number of imidazole rings is 1. The van der Waals surface area contributed by atoms with Crippen LogP contribution in [0.25, 0.3) is 0 Å². The molecule has 130 valence electrons. The first-order valence-electron chi connectivity index (χ1n) is 7.52. The molecule has 3 N–H and O–H groups in total. The van der Waals surface area contributed by atoms with Crippen LogP contribution in [0.1, 0.15) is 33.5 Å². The van der Waals surface area contributed by atoms with E-state index < -0.39 is 16.0 Å². The second-order valence-electron chi connectivity index (χ2n) is 5.35. The molecule has 1 aliphatic rings. The van der Waals surface area contributed by atoms with E-state index in [1.165, 1.54) is 0 Å². The van der Waals surface area contributed by atoms with E-state index >= 15 is 0 Å². The molecule has 10 heteroatoms. The van der Waals surface area contributed by atoms with Gasteiger partial charge in [0.15, 0.2) is 0 Å². The molecular formula is C14H18N4O4S2. The Morgan fingerprint density at radius 3 is 3.04 bits per heavy atom. The first-order chi connectivity index (χ1) is 11.4. The summed E-state index contributed by atoms with van der Waals surface area (Å²) in [6.07, 6.45) is 3.89. The minimum Gasteiger partial charge on any atom is -0.478 e. The first kappa shape index (κ1) is 17.1. The van der Waals surface area contributed by atoms with Crippen LogP contribution in [0.4, 0.5) is 0 Å². The third-order valence-corrected chi connectivity index (χ3v) is 7.07. The molecule has 1 aliphatic heterocycles. The van der Waals surface area contributed by atoms with Gasteiger partial charge in [0, 0.05) is 30.4 Å². The lowest BCUT2D eigenvalue weighted by atomic mass is 10.1. The first-order valence-corrected chi connectivity index (χ1v) is 9.82. The van der Waals surface area contributed by atoms with Crippen LogP contribution >= 0.6 is 11.3 Å². The van der Waals surface area contributed by atoms with E-state index in [4.69, 9.17) is 0 Å². The Morgan fingerprint density at radius 2 is 2.33 bits per heavy atom. The molecule has 0 amide bonds. The summed E-state index contributed by atoms with van der Waals surface area (Å²) in [6, 6.07) is 0. The summed E-state index contributed by atoms with van der Waals surface area (Å²) in [6.45, 7) is 3.77. The van der Waals surface area contributed by atoms with Crippen LogP contribution in [0.15, 0.2) is 16.6 Å². The van der Waals surface area contributed by atoms with Gasteiger partial charge in [0.05, 0.1) is 12.1 Å². The van der Waals surface area contributed by atoms with Crippen molar-refractivity contribution in [2.75, 3.05) is 6.54 Å². The Morgan fingerprint density at radius 1 is 1.54 bits per heavy atom. The highest BCUT2D eigenvalue weighted by Gasteiger charge is 2.31. The van der Waals surface area contributed by atoms with Gasteiger partial charge in [-0.25, -0.2) is 22.9 Å². The average Bonchev–Trinajstić information content (AvgIpc) is 3.17. The van der Waals surface area contributed by atoms with Gasteiger partial charge in [-0.1, -0.05) is 0 Å². The number of nitrogens with one attached hydrogen (secondary N) is 2. The minimum atomic E-state index is -3.92. The number of carboxylic acids is 1. The summed E-state index contributed by atoms with van der Waals surface area (Å²) >= 11 is 1.02. The van der Waals surface area contributed by atoms with E-state index in [-0.39, 0.29) is 16.3 Å². The van der Waals surface area contributed by atoms with E-state index in [1.54, 1.807) is 12.4 Å². The average molecular weight is 370 g/mol. The number of thiophene rings is 1. The van der Waals surface area contributed by atoms with Crippen molar-refractivity contribution in [1.82, 2.24) is 19.6 Å². The molecule has 3 heterocycles. The van der Waals surface area contributed by atoms with Crippen LogP contribution in [-0.4, -0.2) is 35.6 Å². The molecule has 0 fully saturated rings. The Balaban J connectivity index is 1.92. The van der Waals surface area contributed by atoms with Crippen molar-refractivity contribution in [3.63, 3.8) is 0 Å². The van der Waals surface area contributed by atoms with Crippen LogP contribution in [0, 0.1) is 0 Å². The molecule has 0 saturated carbocycles. The zero-order valence-electron chi connectivity index (χ0n) is 13.1. The summed E-state index contributed by atoms with van der Waals surface area (Å²) in [5.41, 5.74) is 0.532. The number of hydrogen-bond acceptors (Lipinski definition) is 6. The summed E-state index contributed by atoms with van der Waals surface area (Å²) in [4.78, 5) is 16.5. The lowest BCUT2D eigenvalue weighted by Gasteiger charge is -2.12. The molecule has 0 aliphatic carbocycles. The number of aromatic nitrogens is 2. The number of fused-ring (bicyclic) bond motifs is 1. The lowest BCUT2D eigenvalue weighted by molar-refractivity contribution is 0.0692. The highest BCUT2D eigenvalue weighted by Crippen LogP contribution is 2.34. The SMILES string of the molecule is CCn1ccnc1CNS(=O)(=O)c1sc2c(c1C(=O)O)CCNC2. The molecule has 0 unspecified atom stereocenters. The van der Waals surface area contributed by atoms with Crippen LogP contribution in [0.5, 0.6) is 0 Å². The van der Waals surface area contributed by atoms with Crippen LogP contribution < -0.4 is 10.0 Å². The molecule has 0 saturated heterocycles. The maximum Gasteiger partial charge on any atom is 0.338 e. The standard InChI is InChI=1S/C14H18N4O4S2/c1-2-18-6-5-16-11(18)8-17-24(21,22)14-12(13(19)20)9-3-4-15-7-10(9)23-14/h5-6,15,17H,2-4,7-8H2,1H3,(H,19,20). The number of hydrogen-bond donors (Lipinski definition) is 3. The zero-order chi connectivity index (χ0) is 17.3. The quantitative estimate of drug-likeness (QED) is 0.693. The Kier molecular flexibility index (Phi) is 4.72. The fraction of sp³-hybridized carbons (Fsp3) is 0.429. The second kappa shape index (κ2) is 6.63. The van der Waals surface area contributed by atoms with Crippen molar-refractivity contribution in [1.29, 1.82) is 0 Å². The monoisotopic (exact) mass is 370 g/mol. The summed E-state index contributed by atoms with van der Waals surface area (Å²) in [7, 11) is -3.92. The zero-order valence-corrected chi connectivity index (χ0v) is 14.7. The number of aromatic carboxylic acids is 1. The minimum absolute atomic E-state index is 0.0169. The molecule has 2 aromatic rings. The largest absolute Gasteiger partial charge is 0.478 e. The van der Waals surface area contributed by atoms with Gasteiger partial charge in [-0.15, -0.1) is 11.3 Å². The highest BCUT2D eigenvalue weighted by atomic mass is 32.2. The van der Waals surface area contributed by atoms with E-state index in [2.05, 4.69) is 15.0 Å². The van der Waals surface area contributed by atoms with Crippen molar-refractivity contribution in [3.05, 3.63) is 34.2 Å². The van der Waals surface area contributed by atoms with Gasteiger partial charge in [0.25, 0.3) is 10.0 Å². The number of rotatable bonds is 6. The van der Waals surface area contributed by atoms with Gasteiger partial charge in [-0.05, 0) is 25.5 Å². The molecule has 3 rings (SSSR count). The molecule has 24 heavy (non-hydrogen) atoms. The Hall–Kier alpha value is -1.75. The molecule has 0 bridgehead atoms. The van der Waals surface area contributed by atoms with Gasteiger partial charge >= 0.3 is 5.97 Å². The number of nitrogens with zero attached hydrogens (tertiary/aromatic N) is 2. The third kappa shape index (κ3) is 3.09. The molecule has 0 aromatic carbocycles. The highest BCUT2D eigenvalue weighted by molar-refractivity contribution is 7.91. The summed E-state index contributed by atoms with van der Waals surface area (Å²) in [5.74, 6) is -0.620. The Labute approximate surface area is 143 Å². The topological polar surface area (TPSA) is 113 Å². The summed E-state index contributed by atoms with van der Waals surface area (Å²) < 4.78 is 29.5.